The van der Waals surface area contributed by atoms with E-state index in [1.54, 1.807) is 7.11 Å². The summed E-state index contributed by atoms with van der Waals surface area (Å²) in [5.41, 5.74) is 2.44. The lowest BCUT2D eigenvalue weighted by molar-refractivity contribution is 0.0884. The molecule has 0 aromatic carbocycles. The number of methoxy groups -OCH3 is 1. The van der Waals surface area contributed by atoms with Crippen LogP contribution in [0.1, 0.15) is 24.3 Å². The third-order valence-electron chi connectivity index (χ3n) is 4.31. The topological polar surface area (TPSA) is 36.3 Å². The molecule has 0 saturated heterocycles. The summed E-state index contributed by atoms with van der Waals surface area (Å²) in [4.78, 5) is 4.53. The minimum absolute atomic E-state index is 0.568. The van der Waals surface area contributed by atoms with Gasteiger partial charge in [-0.2, -0.15) is 0 Å². The molecule has 1 aliphatic carbocycles. The maximum atomic E-state index is 5.97. The Labute approximate surface area is 152 Å². The van der Waals surface area contributed by atoms with Crippen molar-refractivity contribution in [3.05, 3.63) is 21.5 Å². The number of hydrogen-bond donors (Lipinski definition) is 0. The highest BCUT2D eigenvalue weighted by Gasteiger charge is 2.28. The number of halogens is 1. The zero-order valence-electron chi connectivity index (χ0n) is 14.4. The first-order valence-corrected chi connectivity index (χ1v) is 13.0. The van der Waals surface area contributed by atoms with Crippen LogP contribution in [0.3, 0.4) is 0 Å². The Hall–Kier alpha value is -0.603. The van der Waals surface area contributed by atoms with Gasteiger partial charge in [0.25, 0.3) is 0 Å². The third kappa shape index (κ3) is 3.91. The van der Waals surface area contributed by atoms with E-state index in [1.807, 2.05) is 6.20 Å². The predicted octanol–water partition coefficient (Wildman–Crippen LogP) is 4.84. The quantitative estimate of drug-likeness (QED) is 0.349. The maximum Gasteiger partial charge on any atom is 0.238 e. The van der Waals surface area contributed by atoms with Crippen molar-refractivity contribution in [3.63, 3.8) is 0 Å². The number of fused-ring (bicyclic) bond motifs is 1. The molecular weight excluding hydrogens is 419 g/mol. The van der Waals surface area contributed by atoms with Gasteiger partial charge in [0.2, 0.25) is 5.88 Å². The number of hydrogen-bond acceptors (Lipinski definition) is 3. The standard InChI is InChI=1S/C17H25IN2O2Si/c1-21-17-16-13(14(10-19-17)12-5-6-12)9-15(18)20(16)11-22-7-8-23(2,3)4/h9-10,12H,5-8,11H2,1-4H3. The monoisotopic (exact) mass is 444 g/mol. The van der Waals surface area contributed by atoms with Crippen molar-refractivity contribution < 1.29 is 9.47 Å². The molecule has 1 aliphatic rings. The van der Waals surface area contributed by atoms with Crippen LogP contribution >= 0.6 is 22.6 Å². The van der Waals surface area contributed by atoms with Gasteiger partial charge >= 0.3 is 0 Å². The minimum atomic E-state index is -1.05. The highest BCUT2D eigenvalue weighted by Crippen LogP contribution is 2.44. The number of pyridine rings is 1. The molecule has 0 N–H and O–H groups in total. The van der Waals surface area contributed by atoms with Crippen LogP contribution in [0.4, 0.5) is 0 Å². The Bertz CT molecular complexity index is 705. The molecular formula is C17H25IN2O2Si. The lowest BCUT2D eigenvalue weighted by Crippen LogP contribution is -2.22. The van der Waals surface area contributed by atoms with Crippen LogP contribution in [0.15, 0.2) is 12.3 Å². The number of nitrogens with zero attached hydrogens (tertiary/aromatic N) is 2. The Balaban J connectivity index is 1.87. The first kappa shape index (κ1) is 17.2. The fourth-order valence-electron chi connectivity index (χ4n) is 2.76. The van der Waals surface area contributed by atoms with E-state index in [1.165, 1.54) is 33.5 Å². The van der Waals surface area contributed by atoms with Gasteiger partial charge in [-0.1, -0.05) is 19.6 Å². The molecule has 0 spiro atoms. The van der Waals surface area contributed by atoms with Gasteiger partial charge in [0, 0.05) is 26.3 Å². The first-order chi connectivity index (χ1) is 10.9. The Kier molecular flexibility index (Phi) is 5.03. The molecule has 23 heavy (non-hydrogen) atoms. The van der Waals surface area contributed by atoms with E-state index < -0.39 is 8.07 Å². The van der Waals surface area contributed by atoms with Crippen LogP contribution in [-0.2, 0) is 11.5 Å². The van der Waals surface area contributed by atoms with E-state index in [9.17, 15) is 0 Å². The fourth-order valence-corrected chi connectivity index (χ4v) is 4.21. The van der Waals surface area contributed by atoms with Crippen molar-refractivity contribution in [2.24, 2.45) is 0 Å². The summed E-state index contributed by atoms with van der Waals surface area (Å²) < 4.78 is 14.9. The Morgan fingerprint density at radius 1 is 1.35 bits per heavy atom. The summed E-state index contributed by atoms with van der Waals surface area (Å²) in [7, 11) is 0.636. The number of rotatable bonds is 7. The summed E-state index contributed by atoms with van der Waals surface area (Å²) >= 11 is 2.38. The third-order valence-corrected chi connectivity index (χ3v) is 6.91. The van der Waals surface area contributed by atoms with Crippen molar-refractivity contribution in [1.29, 1.82) is 0 Å². The van der Waals surface area contributed by atoms with Crippen LogP contribution in [-0.4, -0.2) is 31.3 Å². The second-order valence-electron chi connectivity index (χ2n) is 7.50. The van der Waals surface area contributed by atoms with Gasteiger partial charge in [0.1, 0.15) is 12.2 Å². The van der Waals surface area contributed by atoms with E-state index in [2.05, 4.69) is 57.8 Å². The van der Waals surface area contributed by atoms with Gasteiger partial charge in [-0.3, -0.25) is 0 Å². The average Bonchev–Trinajstić information content (AvgIpc) is 3.26. The van der Waals surface area contributed by atoms with Crippen molar-refractivity contribution in [2.45, 2.75) is 51.2 Å². The van der Waals surface area contributed by atoms with Crippen molar-refractivity contribution in [2.75, 3.05) is 13.7 Å². The largest absolute Gasteiger partial charge is 0.479 e. The molecule has 2 aromatic rings. The lowest BCUT2D eigenvalue weighted by atomic mass is 10.1. The van der Waals surface area contributed by atoms with E-state index in [0.29, 0.717) is 18.5 Å². The number of aromatic nitrogens is 2. The molecule has 0 radical (unpaired) electrons. The van der Waals surface area contributed by atoms with Crippen molar-refractivity contribution in [3.8, 4) is 5.88 Å². The Morgan fingerprint density at radius 3 is 2.70 bits per heavy atom. The molecule has 1 fully saturated rings. The Morgan fingerprint density at radius 2 is 2.09 bits per heavy atom. The highest BCUT2D eigenvalue weighted by atomic mass is 127. The van der Waals surface area contributed by atoms with Gasteiger partial charge in [0.05, 0.1) is 10.8 Å². The van der Waals surface area contributed by atoms with E-state index in [4.69, 9.17) is 9.47 Å². The molecule has 0 unspecified atom stereocenters. The number of ether oxygens (including phenoxy) is 2. The molecule has 3 rings (SSSR count). The van der Waals surface area contributed by atoms with Crippen LogP contribution in [0.2, 0.25) is 25.7 Å². The van der Waals surface area contributed by atoms with Crippen LogP contribution in [0.5, 0.6) is 5.88 Å². The van der Waals surface area contributed by atoms with Crippen molar-refractivity contribution in [1.82, 2.24) is 9.55 Å². The second-order valence-corrected chi connectivity index (χ2v) is 14.2. The first-order valence-electron chi connectivity index (χ1n) is 8.20. The smallest absolute Gasteiger partial charge is 0.238 e. The van der Waals surface area contributed by atoms with E-state index in [0.717, 1.165) is 12.1 Å². The molecule has 2 aromatic heterocycles. The van der Waals surface area contributed by atoms with Gasteiger partial charge in [-0.15, -0.1) is 0 Å². The molecule has 0 aliphatic heterocycles. The van der Waals surface area contributed by atoms with Gasteiger partial charge < -0.3 is 14.0 Å². The van der Waals surface area contributed by atoms with Crippen LogP contribution in [0, 0.1) is 3.70 Å². The summed E-state index contributed by atoms with van der Waals surface area (Å²) in [6.07, 6.45) is 4.54. The van der Waals surface area contributed by atoms with Crippen molar-refractivity contribution >= 4 is 41.6 Å². The molecule has 4 nitrogen and oxygen atoms in total. The molecule has 2 heterocycles. The zero-order chi connectivity index (χ0) is 16.6. The maximum absolute atomic E-state index is 5.97. The van der Waals surface area contributed by atoms with E-state index >= 15 is 0 Å². The molecule has 0 amide bonds. The molecule has 6 heteroatoms. The van der Waals surface area contributed by atoms with Gasteiger partial charge in [-0.25, -0.2) is 4.98 Å². The SMILES string of the molecule is COc1ncc(C2CC2)c2cc(I)n(COCC[Si](C)(C)C)c12. The molecule has 1 saturated carbocycles. The zero-order valence-corrected chi connectivity index (χ0v) is 17.5. The normalized spacial score (nSPS) is 15.3. The summed E-state index contributed by atoms with van der Waals surface area (Å²) in [6, 6.07) is 3.43. The lowest BCUT2D eigenvalue weighted by Gasteiger charge is -2.16. The summed E-state index contributed by atoms with van der Waals surface area (Å²) in [5.74, 6) is 1.37. The molecule has 126 valence electrons. The van der Waals surface area contributed by atoms with Gasteiger partial charge in [-0.05, 0) is 59.0 Å². The minimum Gasteiger partial charge on any atom is -0.479 e. The molecule has 0 atom stereocenters. The summed E-state index contributed by atoms with van der Waals surface area (Å²) in [6.45, 7) is 8.52. The highest BCUT2D eigenvalue weighted by molar-refractivity contribution is 14.1. The average molecular weight is 444 g/mol. The fraction of sp³-hybridized carbons (Fsp3) is 0.588. The van der Waals surface area contributed by atoms with Crippen LogP contribution in [0.25, 0.3) is 10.9 Å². The van der Waals surface area contributed by atoms with E-state index in [-0.39, 0.29) is 0 Å². The predicted molar refractivity (Wildman–Crippen MR) is 105 cm³/mol. The summed E-state index contributed by atoms with van der Waals surface area (Å²) in [5, 5.41) is 1.28. The van der Waals surface area contributed by atoms with Gasteiger partial charge in [0.15, 0.2) is 0 Å². The molecule has 0 bridgehead atoms. The second kappa shape index (κ2) is 6.72. The van der Waals surface area contributed by atoms with Crippen LogP contribution < -0.4 is 4.74 Å².